The summed E-state index contributed by atoms with van der Waals surface area (Å²) < 4.78 is 0. The molecule has 168 valence electrons. The molecule has 0 radical (unpaired) electrons. The van der Waals surface area contributed by atoms with Gasteiger partial charge in [0.1, 0.15) is 0 Å². The van der Waals surface area contributed by atoms with Crippen molar-refractivity contribution in [2.75, 3.05) is 49.1 Å². The predicted octanol–water partition coefficient (Wildman–Crippen LogP) is 5.66. The summed E-state index contributed by atoms with van der Waals surface area (Å²) in [5, 5.41) is 2.30. The van der Waals surface area contributed by atoms with Gasteiger partial charge in [-0.1, -0.05) is 29.3 Å². The fourth-order valence-corrected chi connectivity index (χ4v) is 4.76. The fourth-order valence-electron chi connectivity index (χ4n) is 4.42. The van der Waals surface area contributed by atoms with Crippen LogP contribution in [-0.4, -0.2) is 55.1 Å². The molecule has 0 unspecified atom stereocenters. The number of aromatic nitrogens is 1. The number of fused-ring (bicyclic) bond motifs is 1. The second kappa shape index (κ2) is 9.55. The Labute approximate surface area is 199 Å². The van der Waals surface area contributed by atoms with Crippen molar-refractivity contribution >= 4 is 51.4 Å². The van der Waals surface area contributed by atoms with E-state index in [2.05, 4.69) is 27.8 Å². The first-order valence-corrected chi connectivity index (χ1v) is 11.8. The highest BCUT2D eigenvalue weighted by Gasteiger charge is 2.26. The molecule has 1 aliphatic rings. The normalized spacial score (nSPS) is 14.2. The van der Waals surface area contributed by atoms with Gasteiger partial charge in [-0.3, -0.25) is 9.78 Å². The Morgan fingerprint density at radius 2 is 1.59 bits per heavy atom. The standard InChI is InChI=1S/C25H28Cl2N4O/c1-4-29(5-2)25(32)21-16-28-22-9-8-18(26)14-20(22)24(21)31-12-10-30(11-13-31)23-15-19(27)7-6-17(23)3/h6-9,14-16H,4-5,10-13H2,1-3H3. The molecule has 4 rings (SSSR count). The number of amides is 1. The Bertz CT molecular complexity index is 1140. The third-order valence-corrected chi connectivity index (χ3v) is 6.66. The van der Waals surface area contributed by atoms with Crippen molar-refractivity contribution in [3.8, 4) is 0 Å². The monoisotopic (exact) mass is 470 g/mol. The zero-order valence-electron chi connectivity index (χ0n) is 18.7. The van der Waals surface area contributed by atoms with Gasteiger partial charge in [-0.2, -0.15) is 0 Å². The smallest absolute Gasteiger partial charge is 0.257 e. The number of aryl methyl sites for hydroxylation is 1. The molecule has 5 nitrogen and oxygen atoms in total. The third kappa shape index (κ3) is 4.37. The zero-order valence-corrected chi connectivity index (χ0v) is 20.2. The molecule has 32 heavy (non-hydrogen) atoms. The van der Waals surface area contributed by atoms with E-state index in [-0.39, 0.29) is 5.91 Å². The summed E-state index contributed by atoms with van der Waals surface area (Å²) in [7, 11) is 0. The highest BCUT2D eigenvalue weighted by atomic mass is 35.5. The molecule has 7 heteroatoms. The molecule has 1 aromatic heterocycles. The molecule has 1 aliphatic heterocycles. The van der Waals surface area contributed by atoms with E-state index in [0.29, 0.717) is 23.7 Å². The first-order chi connectivity index (χ1) is 15.4. The molecule has 0 bridgehead atoms. The topological polar surface area (TPSA) is 39.7 Å². The molecule has 3 aromatic rings. The number of benzene rings is 2. The van der Waals surface area contributed by atoms with Crippen molar-refractivity contribution in [3.63, 3.8) is 0 Å². The van der Waals surface area contributed by atoms with Gasteiger partial charge in [0.05, 0.1) is 16.8 Å². The molecular weight excluding hydrogens is 443 g/mol. The number of anilines is 2. The summed E-state index contributed by atoms with van der Waals surface area (Å²) in [6.45, 7) is 10.7. The minimum absolute atomic E-state index is 0.00694. The van der Waals surface area contributed by atoms with Crippen LogP contribution in [0.2, 0.25) is 10.0 Å². The molecule has 0 N–H and O–H groups in total. The van der Waals surface area contributed by atoms with Gasteiger partial charge in [0.25, 0.3) is 5.91 Å². The lowest BCUT2D eigenvalue weighted by atomic mass is 10.1. The number of nitrogens with zero attached hydrogens (tertiary/aromatic N) is 4. The molecule has 1 fully saturated rings. The number of carbonyl (C=O) groups excluding carboxylic acids is 1. The highest BCUT2D eigenvalue weighted by molar-refractivity contribution is 6.31. The molecule has 2 heterocycles. The second-order valence-corrected chi connectivity index (χ2v) is 8.94. The Morgan fingerprint density at radius 1 is 0.969 bits per heavy atom. The van der Waals surface area contributed by atoms with Gasteiger partial charge in [0, 0.05) is 66.6 Å². The molecular formula is C25H28Cl2N4O. The van der Waals surface area contributed by atoms with Crippen LogP contribution in [0.25, 0.3) is 10.9 Å². The number of hydrogen-bond acceptors (Lipinski definition) is 4. The highest BCUT2D eigenvalue weighted by Crippen LogP contribution is 2.34. The lowest BCUT2D eigenvalue weighted by Crippen LogP contribution is -2.47. The number of carbonyl (C=O) groups is 1. The summed E-state index contributed by atoms with van der Waals surface area (Å²) in [5.74, 6) is 0.00694. The summed E-state index contributed by atoms with van der Waals surface area (Å²) in [6.07, 6.45) is 1.72. The largest absolute Gasteiger partial charge is 0.368 e. The fraction of sp³-hybridized carbons (Fsp3) is 0.360. The molecule has 0 atom stereocenters. The average molecular weight is 471 g/mol. The number of halogens is 2. The Balaban J connectivity index is 1.71. The van der Waals surface area contributed by atoms with E-state index in [0.717, 1.165) is 47.8 Å². The zero-order chi connectivity index (χ0) is 22.8. The first kappa shape index (κ1) is 22.7. The van der Waals surface area contributed by atoms with Crippen LogP contribution in [0.3, 0.4) is 0 Å². The SMILES string of the molecule is CCN(CC)C(=O)c1cnc2ccc(Cl)cc2c1N1CCN(c2cc(Cl)ccc2C)CC1. The van der Waals surface area contributed by atoms with E-state index < -0.39 is 0 Å². The van der Waals surface area contributed by atoms with Crippen LogP contribution in [0, 0.1) is 6.92 Å². The van der Waals surface area contributed by atoms with Gasteiger partial charge >= 0.3 is 0 Å². The molecule has 0 spiro atoms. The second-order valence-electron chi connectivity index (χ2n) is 8.06. The van der Waals surface area contributed by atoms with Crippen LogP contribution in [0.15, 0.2) is 42.6 Å². The van der Waals surface area contributed by atoms with E-state index in [9.17, 15) is 4.79 Å². The maximum atomic E-state index is 13.4. The van der Waals surface area contributed by atoms with Gasteiger partial charge < -0.3 is 14.7 Å². The van der Waals surface area contributed by atoms with Crippen molar-refractivity contribution in [1.82, 2.24) is 9.88 Å². The minimum Gasteiger partial charge on any atom is -0.368 e. The van der Waals surface area contributed by atoms with E-state index >= 15 is 0 Å². The Kier molecular flexibility index (Phi) is 6.77. The Hall–Kier alpha value is -2.50. The minimum atomic E-state index is 0.00694. The summed E-state index contributed by atoms with van der Waals surface area (Å²) in [6, 6.07) is 11.7. The van der Waals surface area contributed by atoms with Crippen molar-refractivity contribution < 1.29 is 4.79 Å². The number of hydrogen-bond donors (Lipinski definition) is 0. The molecule has 0 aliphatic carbocycles. The van der Waals surface area contributed by atoms with E-state index in [1.807, 2.05) is 49.1 Å². The molecule has 2 aromatic carbocycles. The van der Waals surface area contributed by atoms with Crippen LogP contribution in [0.4, 0.5) is 11.4 Å². The van der Waals surface area contributed by atoms with Crippen LogP contribution in [-0.2, 0) is 0 Å². The predicted molar refractivity (Wildman–Crippen MR) is 135 cm³/mol. The maximum absolute atomic E-state index is 13.4. The van der Waals surface area contributed by atoms with Crippen LogP contribution in [0.1, 0.15) is 29.8 Å². The number of piperazine rings is 1. The summed E-state index contributed by atoms with van der Waals surface area (Å²) in [4.78, 5) is 24.4. The Morgan fingerprint density at radius 3 is 2.28 bits per heavy atom. The summed E-state index contributed by atoms with van der Waals surface area (Å²) >= 11 is 12.6. The van der Waals surface area contributed by atoms with Crippen LogP contribution >= 0.6 is 23.2 Å². The average Bonchev–Trinajstić information content (AvgIpc) is 2.80. The molecule has 0 saturated carbocycles. The van der Waals surface area contributed by atoms with Gasteiger partial charge in [-0.15, -0.1) is 0 Å². The van der Waals surface area contributed by atoms with Gasteiger partial charge in [0.15, 0.2) is 0 Å². The van der Waals surface area contributed by atoms with Crippen molar-refractivity contribution in [1.29, 1.82) is 0 Å². The van der Waals surface area contributed by atoms with Crippen molar-refractivity contribution in [2.24, 2.45) is 0 Å². The van der Waals surface area contributed by atoms with Crippen molar-refractivity contribution in [2.45, 2.75) is 20.8 Å². The first-order valence-electron chi connectivity index (χ1n) is 11.1. The van der Waals surface area contributed by atoms with Crippen LogP contribution < -0.4 is 9.80 Å². The molecule has 1 amide bonds. The van der Waals surface area contributed by atoms with E-state index in [1.165, 1.54) is 11.3 Å². The lowest BCUT2D eigenvalue weighted by molar-refractivity contribution is 0.0773. The summed E-state index contributed by atoms with van der Waals surface area (Å²) in [5.41, 5.74) is 4.78. The number of rotatable bonds is 5. The van der Waals surface area contributed by atoms with E-state index in [4.69, 9.17) is 23.2 Å². The third-order valence-electron chi connectivity index (χ3n) is 6.19. The number of pyridine rings is 1. The lowest BCUT2D eigenvalue weighted by Gasteiger charge is -2.39. The maximum Gasteiger partial charge on any atom is 0.257 e. The van der Waals surface area contributed by atoms with Gasteiger partial charge in [-0.25, -0.2) is 0 Å². The quantitative estimate of drug-likeness (QED) is 0.482. The van der Waals surface area contributed by atoms with Gasteiger partial charge in [0.2, 0.25) is 0 Å². The van der Waals surface area contributed by atoms with Crippen LogP contribution in [0.5, 0.6) is 0 Å². The molecule has 1 saturated heterocycles. The van der Waals surface area contributed by atoms with E-state index in [1.54, 1.807) is 6.20 Å². The van der Waals surface area contributed by atoms with Crippen molar-refractivity contribution in [3.05, 3.63) is 63.8 Å². The van der Waals surface area contributed by atoms with Gasteiger partial charge in [-0.05, 0) is 56.7 Å².